The van der Waals surface area contributed by atoms with E-state index in [1.807, 2.05) is 6.07 Å². The molecule has 18 heavy (non-hydrogen) atoms. The molecule has 1 aromatic rings. The Bertz CT molecular complexity index is 379. The SMILES string of the molecule is COC(=O)CCCC/C=C(\C)Cc1ccccc1. The van der Waals surface area contributed by atoms with Crippen LogP contribution < -0.4 is 0 Å². The predicted octanol–water partition coefficient (Wildman–Crippen LogP) is 3.91. The van der Waals surface area contributed by atoms with Gasteiger partial charge in [0.25, 0.3) is 0 Å². The second-order valence-electron chi connectivity index (χ2n) is 4.53. The Balaban J connectivity index is 2.20. The van der Waals surface area contributed by atoms with Crippen molar-refractivity contribution in [3.05, 3.63) is 47.5 Å². The van der Waals surface area contributed by atoms with Crippen LogP contribution in [0.2, 0.25) is 0 Å². The van der Waals surface area contributed by atoms with Crippen molar-refractivity contribution in [1.29, 1.82) is 0 Å². The Labute approximate surface area is 110 Å². The average molecular weight is 246 g/mol. The van der Waals surface area contributed by atoms with E-state index in [0.717, 1.165) is 25.7 Å². The molecule has 1 aromatic carbocycles. The van der Waals surface area contributed by atoms with Crippen LogP contribution in [0.5, 0.6) is 0 Å². The first-order valence-corrected chi connectivity index (χ1v) is 6.48. The highest BCUT2D eigenvalue weighted by Gasteiger charge is 1.98. The summed E-state index contributed by atoms with van der Waals surface area (Å²) in [5, 5.41) is 0. The van der Waals surface area contributed by atoms with Gasteiger partial charge in [-0.05, 0) is 38.2 Å². The molecule has 0 spiro atoms. The molecule has 98 valence electrons. The predicted molar refractivity (Wildman–Crippen MR) is 74.4 cm³/mol. The summed E-state index contributed by atoms with van der Waals surface area (Å²) in [7, 11) is 1.44. The monoisotopic (exact) mass is 246 g/mol. The number of unbranched alkanes of at least 4 members (excludes halogenated alkanes) is 2. The molecule has 0 saturated carbocycles. The van der Waals surface area contributed by atoms with Crippen molar-refractivity contribution in [2.75, 3.05) is 7.11 Å². The first-order chi connectivity index (χ1) is 8.72. The molecule has 0 fully saturated rings. The molecular formula is C16H22O2. The third-order valence-corrected chi connectivity index (χ3v) is 2.88. The Morgan fingerprint density at radius 2 is 1.94 bits per heavy atom. The summed E-state index contributed by atoms with van der Waals surface area (Å²) in [6, 6.07) is 10.5. The highest BCUT2D eigenvalue weighted by atomic mass is 16.5. The van der Waals surface area contributed by atoms with Crippen LogP contribution in [0.3, 0.4) is 0 Å². The molecule has 0 aromatic heterocycles. The summed E-state index contributed by atoms with van der Waals surface area (Å²) < 4.78 is 4.60. The second-order valence-corrected chi connectivity index (χ2v) is 4.53. The van der Waals surface area contributed by atoms with Crippen LogP contribution >= 0.6 is 0 Å². The number of carbonyl (C=O) groups excluding carboxylic acids is 1. The summed E-state index contributed by atoms with van der Waals surface area (Å²) in [4.78, 5) is 10.9. The van der Waals surface area contributed by atoms with Crippen molar-refractivity contribution in [2.24, 2.45) is 0 Å². The summed E-state index contributed by atoms with van der Waals surface area (Å²) in [5.41, 5.74) is 2.74. The largest absolute Gasteiger partial charge is 0.469 e. The van der Waals surface area contributed by atoms with Crippen LogP contribution in [0.25, 0.3) is 0 Å². The minimum absolute atomic E-state index is 0.111. The minimum atomic E-state index is -0.111. The van der Waals surface area contributed by atoms with Crippen LogP contribution in [0.4, 0.5) is 0 Å². The van der Waals surface area contributed by atoms with Gasteiger partial charge in [-0.3, -0.25) is 4.79 Å². The van der Waals surface area contributed by atoms with Crippen LogP contribution in [0, 0.1) is 0 Å². The molecule has 0 aliphatic carbocycles. The van der Waals surface area contributed by atoms with Crippen molar-refractivity contribution in [3.8, 4) is 0 Å². The van der Waals surface area contributed by atoms with Crippen LogP contribution in [-0.2, 0) is 16.0 Å². The van der Waals surface area contributed by atoms with Gasteiger partial charge >= 0.3 is 5.97 Å². The normalized spacial score (nSPS) is 11.3. The molecule has 0 atom stereocenters. The number of rotatable bonds is 7. The van der Waals surface area contributed by atoms with Gasteiger partial charge in [0, 0.05) is 6.42 Å². The van der Waals surface area contributed by atoms with E-state index in [4.69, 9.17) is 0 Å². The van der Waals surface area contributed by atoms with Gasteiger partial charge < -0.3 is 4.74 Å². The topological polar surface area (TPSA) is 26.3 Å². The molecule has 0 amide bonds. The van der Waals surface area contributed by atoms with Crippen molar-refractivity contribution >= 4 is 5.97 Å². The van der Waals surface area contributed by atoms with Crippen molar-refractivity contribution < 1.29 is 9.53 Å². The lowest BCUT2D eigenvalue weighted by molar-refractivity contribution is -0.140. The third-order valence-electron chi connectivity index (χ3n) is 2.88. The zero-order valence-electron chi connectivity index (χ0n) is 11.3. The van der Waals surface area contributed by atoms with Gasteiger partial charge in [0.1, 0.15) is 0 Å². The number of allylic oxidation sites excluding steroid dienone is 2. The van der Waals surface area contributed by atoms with Crippen LogP contribution in [0.15, 0.2) is 42.0 Å². The number of methoxy groups -OCH3 is 1. The fourth-order valence-electron chi connectivity index (χ4n) is 1.85. The molecule has 2 nitrogen and oxygen atoms in total. The summed E-state index contributed by atoms with van der Waals surface area (Å²) in [5.74, 6) is -0.111. The average Bonchev–Trinajstić information content (AvgIpc) is 2.39. The quantitative estimate of drug-likeness (QED) is 0.414. The van der Waals surface area contributed by atoms with E-state index in [0.29, 0.717) is 6.42 Å². The fourth-order valence-corrected chi connectivity index (χ4v) is 1.85. The number of esters is 1. The molecule has 0 aliphatic rings. The maximum atomic E-state index is 10.9. The molecule has 0 aliphatic heterocycles. The van der Waals surface area contributed by atoms with Crippen LogP contribution in [-0.4, -0.2) is 13.1 Å². The van der Waals surface area contributed by atoms with Crippen molar-refractivity contribution in [3.63, 3.8) is 0 Å². The number of carbonyl (C=O) groups is 1. The van der Waals surface area contributed by atoms with Gasteiger partial charge in [-0.15, -0.1) is 0 Å². The summed E-state index contributed by atoms with van der Waals surface area (Å²) in [6.07, 6.45) is 6.79. The smallest absolute Gasteiger partial charge is 0.305 e. The van der Waals surface area contributed by atoms with Gasteiger partial charge in [-0.2, -0.15) is 0 Å². The Morgan fingerprint density at radius 1 is 1.22 bits per heavy atom. The van der Waals surface area contributed by atoms with E-state index in [1.165, 1.54) is 18.2 Å². The molecule has 0 saturated heterocycles. The molecular weight excluding hydrogens is 224 g/mol. The highest BCUT2D eigenvalue weighted by Crippen LogP contribution is 2.10. The molecule has 0 radical (unpaired) electrons. The van der Waals surface area contributed by atoms with Crippen LogP contribution in [0.1, 0.15) is 38.2 Å². The van der Waals surface area contributed by atoms with E-state index < -0.39 is 0 Å². The Kier molecular flexibility index (Phi) is 6.85. The lowest BCUT2D eigenvalue weighted by Crippen LogP contribution is -1.98. The summed E-state index contributed by atoms with van der Waals surface area (Å²) >= 11 is 0. The summed E-state index contributed by atoms with van der Waals surface area (Å²) in [6.45, 7) is 2.16. The maximum absolute atomic E-state index is 10.9. The van der Waals surface area contributed by atoms with Gasteiger partial charge in [0.2, 0.25) is 0 Å². The number of ether oxygens (including phenoxy) is 1. The highest BCUT2D eigenvalue weighted by molar-refractivity contribution is 5.68. The number of hydrogen-bond donors (Lipinski definition) is 0. The molecule has 2 heteroatoms. The van der Waals surface area contributed by atoms with E-state index in [9.17, 15) is 4.79 Å². The van der Waals surface area contributed by atoms with Gasteiger partial charge in [0.15, 0.2) is 0 Å². The third kappa shape index (κ3) is 6.24. The standard InChI is InChI=1S/C16H22O2/c1-14(13-15-10-6-4-7-11-15)9-5-3-8-12-16(17)18-2/h4,6-7,9-11H,3,5,8,12-13H2,1-2H3/b14-9+. The van der Waals surface area contributed by atoms with Gasteiger partial charge in [0.05, 0.1) is 7.11 Å². The Morgan fingerprint density at radius 3 is 2.61 bits per heavy atom. The van der Waals surface area contributed by atoms with Crippen molar-refractivity contribution in [2.45, 2.75) is 39.0 Å². The zero-order valence-corrected chi connectivity index (χ0v) is 11.3. The van der Waals surface area contributed by atoms with E-state index in [-0.39, 0.29) is 5.97 Å². The molecule has 0 heterocycles. The lowest BCUT2D eigenvalue weighted by Gasteiger charge is -2.02. The van der Waals surface area contributed by atoms with Crippen molar-refractivity contribution in [1.82, 2.24) is 0 Å². The van der Waals surface area contributed by atoms with E-state index in [2.05, 4.69) is 42.0 Å². The Hall–Kier alpha value is -1.57. The molecule has 0 unspecified atom stereocenters. The molecule has 0 bridgehead atoms. The van der Waals surface area contributed by atoms with E-state index in [1.54, 1.807) is 0 Å². The lowest BCUT2D eigenvalue weighted by atomic mass is 10.0. The second kappa shape index (κ2) is 8.51. The zero-order chi connectivity index (χ0) is 13.2. The van der Waals surface area contributed by atoms with E-state index >= 15 is 0 Å². The molecule has 1 rings (SSSR count). The minimum Gasteiger partial charge on any atom is -0.469 e. The fraction of sp³-hybridized carbons (Fsp3) is 0.438. The molecule has 0 N–H and O–H groups in total. The maximum Gasteiger partial charge on any atom is 0.305 e. The van der Waals surface area contributed by atoms with Gasteiger partial charge in [-0.1, -0.05) is 42.0 Å². The first-order valence-electron chi connectivity index (χ1n) is 6.48. The van der Waals surface area contributed by atoms with Gasteiger partial charge in [-0.25, -0.2) is 0 Å². The number of benzene rings is 1. The first kappa shape index (κ1) is 14.5. The number of hydrogen-bond acceptors (Lipinski definition) is 2.